The van der Waals surface area contributed by atoms with E-state index in [1.165, 1.54) is 11.8 Å². The van der Waals surface area contributed by atoms with Crippen LogP contribution in [0.25, 0.3) is 0 Å². The van der Waals surface area contributed by atoms with Crippen LogP contribution in [0.1, 0.15) is 32.8 Å². The lowest BCUT2D eigenvalue weighted by atomic mass is 10.1. The molecule has 1 N–H and O–H groups in total. The number of hydrogen-bond acceptors (Lipinski definition) is 4. The first-order valence-corrected chi connectivity index (χ1v) is 12.8. The van der Waals surface area contributed by atoms with Crippen LogP contribution >= 0.6 is 11.6 Å². The third kappa shape index (κ3) is 7.39. The largest absolute Gasteiger partial charge is 0.352 e. The van der Waals surface area contributed by atoms with E-state index >= 15 is 0 Å². The molecule has 0 aliphatic rings. The van der Waals surface area contributed by atoms with Gasteiger partial charge in [0.05, 0.1) is 11.9 Å². The Morgan fingerprint density at radius 1 is 1.06 bits per heavy atom. The molecule has 7 nitrogen and oxygen atoms in total. The van der Waals surface area contributed by atoms with E-state index in [1.54, 1.807) is 24.3 Å². The molecule has 34 heavy (non-hydrogen) atoms. The summed E-state index contributed by atoms with van der Waals surface area (Å²) in [5.74, 6) is -3.51. The van der Waals surface area contributed by atoms with Gasteiger partial charge in [-0.1, -0.05) is 30.7 Å². The summed E-state index contributed by atoms with van der Waals surface area (Å²) in [6.07, 6.45) is 1.53. The first kappa shape index (κ1) is 27.5. The molecular formula is C23H28ClF2N3O4S. The van der Waals surface area contributed by atoms with Crippen LogP contribution in [-0.4, -0.2) is 50.0 Å². The molecule has 0 aromatic heterocycles. The maximum Gasteiger partial charge on any atom is 0.244 e. The van der Waals surface area contributed by atoms with Crippen LogP contribution in [-0.2, 0) is 26.2 Å². The molecule has 186 valence electrons. The standard InChI is InChI=1S/C23H28ClF2N3O4S/c1-5-15(2)27-23(31)16(3)28(13-17-6-8-18(24)9-7-17)22(30)14-29(34(4,32)33)19-10-11-20(25)21(26)12-19/h6-12,15-16H,5,13-14H2,1-4H3,(H,27,31)/t15-,16-/m1/s1. The highest BCUT2D eigenvalue weighted by atomic mass is 35.5. The molecule has 11 heteroatoms. The Morgan fingerprint density at radius 2 is 1.68 bits per heavy atom. The molecule has 0 heterocycles. The normalized spacial score (nSPS) is 13.1. The lowest BCUT2D eigenvalue weighted by molar-refractivity contribution is -0.139. The maximum absolute atomic E-state index is 13.8. The number of hydrogen-bond donors (Lipinski definition) is 1. The van der Waals surface area contributed by atoms with Gasteiger partial charge in [0, 0.05) is 23.7 Å². The second-order valence-electron chi connectivity index (χ2n) is 8.01. The molecule has 2 amide bonds. The molecule has 2 aromatic carbocycles. The number of benzene rings is 2. The van der Waals surface area contributed by atoms with Crippen LogP contribution in [0.15, 0.2) is 42.5 Å². The van der Waals surface area contributed by atoms with Crippen molar-refractivity contribution in [3.63, 3.8) is 0 Å². The van der Waals surface area contributed by atoms with E-state index in [4.69, 9.17) is 11.6 Å². The van der Waals surface area contributed by atoms with Crippen LogP contribution in [0.4, 0.5) is 14.5 Å². The van der Waals surface area contributed by atoms with Gasteiger partial charge in [0.2, 0.25) is 21.8 Å². The van der Waals surface area contributed by atoms with E-state index < -0.39 is 46.1 Å². The van der Waals surface area contributed by atoms with Crippen molar-refractivity contribution >= 4 is 39.1 Å². The van der Waals surface area contributed by atoms with Gasteiger partial charge in [-0.2, -0.15) is 0 Å². The zero-order valence-corrected chi connectivity index (χ0v) is 21.0. The third-order valence-electron chi connectivity index (χ3n) is 5.30. The number of carbonyl (C=O) groups is 2. The molecule has 0 spiro atoms. The fourth-order valence-electron chi connectivity index (χ4n) is 3.09. The number of halogens is 3. The molecule has 0 unspecified atom stereocenters. The monoisotopic (exact) mass is 515 g/mol. The first-order chi connectivity index (χ1) is 15.8. The SMILES string of the molecule is CC[C@@H](C)NC(=O)[C@@H](C)N(Cc1ccc(Cl)cc1)C(=O)CN(c1ccc(F)c(F)c1)S(C)(=O)=O. The Kier molecular flexibility index (Phi) is 9.40. The van der Waals surface area contributed by atoms with Crippen molar-refractivity contribution in [2.24, 2.45) is 0 Å². The van der Waals surface area contributed by atoms with Crippen molar-refractivity contribution in [2.75, 3.05) is 17.1 Å². The highest BCUT2D eigenvalue weighted by Crippen LogP contribution is 2.22. The number of nitrogens with one attached hydrogen (secondary N) is 1. The van der Waals surface area contributed by atoms with Crippen molar-refractivity contribution in [3.8, 4) is 0 Å². The smallest absolute Gasteiger partial charge is 0.244 e. The number of anilines is 1. The van der Waals surface area contributed by atoms with Gasteiger partial charge in [0.25, 0.3) is 0 Å². The van der Waals surface area contributed by atoms with Crippen molar-refractivity contribution in [2.45, 2.75) is 45.8 Å². The van der Waals surface area contributed by atoms with E-state index in [9.17, 15) is 26.8 Å². The molecule has 0 bridgehead atoms. The summed E-state index contributed by atoms with van der Waals surface area (Å²) in [5, 5.41) is 3.30. The minimum atomic E-state index is -4.04. The summed E-state index contributed by atoms with van der Waals surface area (Å²) in [6, 6.07) is 8.11. The molecular weight excluding hydrogens is 488 g/mol. The van der Waals surface area contributed by atoms with Crippen molar-refractivity contribution < 1.29 is 26.8 Å². The lowest BCUT2D eigenvalue weighted by Crippen LogP contribution is -2.52. The highest BCUT2D eigenvalue weighted by Gasteiger charge is 2.30. The fourth-order valence-corrected chi connectivity index (χ4v) is 4.06. The summed E-state index contributed by atoms with van der Waals surface area (Å²) < 4.78 is 52.7. The molecule has 0 aliphatic carbocycles. The highest BCUT2D eigenvalue weighted by molar-refractivity contribution is 7.92. The Balaban J connectivity index is 2.39. The molecule has 0 aliphatic heterocycles. The topological polar surface area (TPSA) is 86.8 Å². The van der Waals surface area contributed by atoms with Gasteiger partial charge in [-0.15, -0.1) is 0 Å². The Bertz CT molecular complexity index is 1130. The predicted molar refractivity (Wildman–Crippen MR) is 128 cm³/mol. The number of nitrogens with zero attached hydrogens (tertiary/aromatic N) is 2. The van der Waals surface area contributed by atoms with Gasteiger partial charge >= 0.3 is 0 Å². The van der Waals surface area contributed by atoms with Gasteiger partial charge in [-0.25, -0.2) is 17.2 Å². The van der Waals surface area contributed by atoms with Crippen LogP contribution < -0.4 is 9.62 Å². The zero-order chi connectivity index (χ0) is 25.6. The fraction of sp³-hybridized carbons (Fsp3) is 0.391. The van der Waals surface area contributed by atoms with Crippen molar-refractivity contribution in [1.29, 1.82) is 0 Å². The number of sulfonamides is 1. The maximum atomic E-state index is 13.8. The van der Waals surface area contributed by atoms with Crippen LogP contribution in [0.5, 0.6) is 0 Å². The van der Waals surface area contributed by atoms with E-state index in [0.717, 1.165) is 18.4 Å². The Morgan fingerprint density at radius 3 is 2.21 bits per heavy atom. The number of rotatable bonds is 10. The average molecular weight is 516 g/mol. The van der Waals surface area contributed by atoms with Crippen molar-refractivity contribution in [3.05, 3.63) is 64.7 Å². The van der Waals surface area contributed by atoms with Gasteiger partial charge < -0.3 is 10.2 Å². The minimum absolute atomic E-state index is 0.000472. The van der Waals surface area contributed by atoms with E-state index in [-0.39, 0.29) is 18.3 Å². The summed E-state index contributed by atoms with van der Waals surface area (Å²) >= 11 is 5.93. The number of carbonyl (C=O) groups excluding carboxylic acids is 2. The van der Waals surface area contributed by atoms with Crippen LogP contribution in [0.3, 0.4) is 0 Å². The summed E-state index contributed by atoms with van der Waals surface area (Å²) in [7, 11) is -4.04. The molecule has 0 saturated carbocycles. The van der Waals surface area contributed by atoms with Crippen molar-refractivity contribution in [1.82, 2.24) is 10.2 Å². The third-order valence-corrected chi connectivity index (χ3v) is 6.70. The molecule has 2 rings (SSSR count). The Labute approximate surface area is 203 Å². The first-order valence-electron chi connectivity index (χ1n) is 10.6. The second kappa shape index (κ2) is 11.6. The molecule has 2 aromatic rings. The molecule has 2 atom stereocenters. The van der Waals surface area contributed by atoms with E-state index in [0.29, 0.717) is 27.4 Å². The molecule has 0 saturated heterocycles. The minimum Gasteiger partial charge on any atom is -0.352 e. The second-order valence-corrected chi connectivity index (χ2v) is 10.4. The summed E-state index contributed by atoms with van der Waals surface area (Å²) in [6.45, 7) is 4.55. The molecule has 0 radical (unpaired) electrons. The predicted octanol–water partition coefficient (Wildman–Crippen LogP) is 3.72. The van der Waals surface area contributed by atoms with Gasteiger partial charge in [0.1, 0.15) is 12.6 Å². The zero-order valence-electron chi connectivity index (χ0n) is 19.4. The van der Waals surface area contributed by atoms with E-state index in [2.05, 4.69) is 5.32 Å². The summed E-state index contributed by atoms with van der Waals surface area (Å²) in [4.78, 5) is 27.4. The van der Waals surface area contributed by atoms with Gasteiger partial charge in [-0.05, 0) is 50.1 Å². The van der Waals surface area contributed by atoms with Crippen LogP contribution in [0, 0.1) is 11.6 Å². The number of amides is 2. The van der Waals surface area contributed by atoms with Crippen LogP contribution in [0.2, 0.25) is 5.02 Å². The lowest BCUT2D eigenvalue weighted by Gasteiger charge is -2.32. The molecule has 0 fully saturated rings. The van der Waals surface area contributed by atoms with Gasteiger partial charge in [-0.3, -0.25) is 13.9 Å². The average Bonchev–Trinajstić information content (AvgIpc) is 2.77. The van der Waals surface area contributed by atoms with Gasteiger partial charge in [0.15, 0.2) is 11.6 Å². The Hall–Kier alpha value is -2.72. The van der Waals surface area contributed by atoms with E-state index in [1.807, 2.05) is 13.8 Å². The quantitative estimate of drug-likeness (QED) is 0.522. The summed E-state index contributed by atoms with van der Waals surface area (Å²) in [5.41, 5.74) is 0.456.